The first kappa shape index (κ1) is 18.5. The Labute approximate surface area is 165 Å². The summed E-state index contributed by atoms with van der Waals surface area (Å²) in [5, 5.41) is 14.4. The largest absolute Gasteiger partial charge is 0.345 e. The number of aryl methyl sites for hydroxylation is 1. The van der Waals surface area contributed by atoms with Gasteiger partial charge in [-0.1, -0.05) is 24.3 Å². The SMILES string of the molecule is Cc1nnnn1C(Cc1ccc(F)cc1)C(=O)Nc1cccc(-c2ncc[nH]2)c1. The lowest BCUT2D eigenvalue weighted by Crippen LogP contribution is -2.29. The van der Waals surface area contributed by atoms with E-state index in [0.717, 1.165) is 11.1 Å². The second kappa shape index (κ2) is 8.01. The van der Waals surface area contributed by atoms with Gasteiger partial charge in [-0.3, -0.25) is 4.79 Å². The zero-order chi connectivity index (χ0) is 20.2. The molecule has 8 nitrogen and oxygen atoms in total. The summed E-state index contributed by atoms with van der Waals surface area (Å²) in [5.41, 5.74) is 2.27. The number of amides is 1. The molecule has 1 amide bonds. The predicted octanol–water partition coefficient (Wildman–Crippen LogP) is 2.93. The highest BCUT2D eigenvalue weighted by Crippen LogP contribution is 2.22. The normalized spacial score (nSPS) is 11.9. The second-order valence-electron chi connectivity index (χ2n) is 6.52. The number of benzene rings is 2. The first-order valence-corrected chi connectivity index (χ1v) is 9.00. The van der Waals surface area contributed by atoms with E-state index in [2.05, 4.69) is 30.8 Å². The molecule has 1 unspecified atom stereocenters. The zero-order valence-electron chi connectivity index (χ0n) is 15.6. The molecule has 4 rings (SSSR count). The molecule has 0 aliphatic heterocycles. The Kier molecular flexibility index (Phi) is 5.10. The molecular formula is C20H18FN7O. The molecule has 0 radical (unpaired) electrons. The number of hydrogen-bond donors (Lipinski definition) is 2. The number of H-pyrrole nitrogens is 1. The number of carbonyl (C=O) groups is 1. The summed E-state index contributed by atoms with van der Waals surface area (Å²) >= 11 is 0. The standard InChI is InChI=1S/C20H18FN7O/c1-13-25-26-27-28(13)18(11-14-5-7-16(21)8-6-14)20(29)24-17-4-2-3-15(12-17)19-22-9-10-23-19/h2-10,12,18H,11H2,1H3,(H,22,23)(H,24,29). The highest BCUT2D eigenvalue weighted by molar-refractivity contribution is 5.94. The van der Waals surface area contributed by atoms with Crippen molar-refractivity contribution in [2.45, 2.75) is 19.4 Å². The van der Waals surface area contributed by atoms with E-state index in [1.165, 1.54) is 16.8 Å². The summed E-state index contributed by atoms with van der Waals surface area (Å²) in [6.45, 7) is 1.72. The molecule has 0 fully saturated rings. The quantitative estimate of drug-likeness (QED) is 0.526. The van der Waals surface area contributed by atoms with Crippen LogP contribution >= 0.6 is 0 Å². The molecule has 2 heterocycles. The number of tetrazole rings is 1. The van der Waals surface area contributed by atoms with Crippen molar-refractivity contribution < 1.29 is 9.18 Å². The zero-order valence-corrected chi connectivity index (χ0v) is 15.6. The molecule has 2 aromatic heterocycles. The number of anilines is 1. The van der Waals surface area contributed by atoms with Crippen LogP contribution in [0.5, 0.6) is 0 Å². The van der Waals surface area contributed by atoms with Crippen LogP contribution in [0.15, 0.2) is 60.9 Å². The molecule has 29 heavy (non-hydrogen) atoms. The number of imidazole rings is 1. The summed E-state index contributed by atoms with van der Waals surface area (Å²) in [6, 6.07) is 12.7. The molecule has 9 heteroatoms. The first-order chi connectivity index (χ1) is 14.1. The molecule has 0 saturated heterocycles. The minimum absolute atomic E-state index is 0.277. The predicted molar refractivity (Wildman–Crippen MR) is 104 cm³/mol. The first-order valence-electron chi connectivity index (χ1n) is 9.00. The highest BCUT2D eigenvalue weighted by atomic mass is 19.1. The average molecular weight is 391 g/mol. The van der Waals surface area contributed by atoms with Crippen molar-refractivity contribution in [3.8, 4) is 11.4 Å². The summed E-state index contributed by atoms with van der Waals surface area (Å²) in [7, 11) is 0. The van der Waals surface area contributed by atoms with Gasteiger partial charge < -0.3 is 10.3 Å². The van der Waals surface area contributed by atoms with E-state index < -0.39 is 6.04 Å². The van der Waals surface area contributed by atoms with E-state index >= 15 is 0 Å². The summed E-state index contributed by atoms with van der Waals surface area (Å²) < 4.78 is 14.7. The van der Waals surface area contributed by atoms with Gasteiger partial charge in [-0.2, -0.15) is 0 Å². The maximum absolute atomic E-state index is 13.2. The smallest absolute Gasteiger partial charge is 0.249 e. The molecule has 0 aliphatic carbocycles. The van der Waals surface area contributed by atoms with Crippen molar-refractivity contribution in [2.75, 3.05) is 5.32 Å². The molecule has 0 saturated carbocycles. The summed E-state index contributed by atoms with van der Waals surface area (Å²) in [6.07, 6.45) is 3.72. The van der Waals surface area contributed by atoms with Gasteiger partial charge in [0.1, 0.15) is 23.5 Å². The van der Waals surface area contributed by atoms with Gasteiger partial charge in [-0.25, -0.2) is 14.1 Å². The molecule has 2 aromatic carbocycles. The van der Waals surface area contributed by atoms with Crippen molar-refractivity contribution in [1.29, 1.82) is 0 Å². The van der Waals surface area contributed by atoms with Crippen LogP contribution in [0.4, 0.5) is 10.1 Å². The summed E-state index contributed by atoms with van der Waals surface area (Å²) in [5.74, 6) is 0.612. The number of aromatic nitrogens is 6. The topological polar surface area (TPSA) is 101 Å². The number of aromatic amines is 1. The molecule has 0 bridgehead atoms. The Hall–Kier alpha value is -3.88. The van der Waals surface area contributed by atoms with Crippen LogP contribution in [0.2, 0.25) is 0 Å². The van der Waals surface area contributed by atoms with Crippen molar-refractivity contribution in [1.82, 2.24) is 30.2 Å². The van der Waals surface area contributed by atoms with Crippen molar-refractivity contribution in [2.24, 2.45) is 0 Å². The van der Waals surface area contributed by atoms with Gasteiger partial charge in [-0.05, 0) is 47.2 Å². The van der Waals surface area contributed by atoms with E-state index in [0.29, 0.717) is 23.8 Å². The van der Waals surface area contributed by atoms with Crippen molar-refractivity contribution in [3.05, 3.63) is 78.1 Å². The van der Waals surface area contributed by atoms with Crippen LogP contribution in [0, 0.1) is 12.7 Å². The lowest BCUT2D eigenvalue weighted by Gasteiger charge is -2.18. The minimum atomic E-state index is -0.692. The van der Waals surface area contributed by atoms with Gasteiger partial charge >= 0.3 is 0 Å². The minimum Gasteiger partial charge on any atom is -0.345 e. The third kappa shape index (κ3) is 4.18. The number of hydrogen-bond acceptors (Lipinski definition) is 5. The van der Waals surface area contributed by atoms with Gasteiger partial charge in [0, 0.05) is 30.1 Å². The van der Waals surface area contributed by atoms with Gasteiger partial charge in [0.05, 0.1) is 0 Å². The highest BCUT2D eigenvalue weighted by Gasteiger charge is 2.24. The lowest BCUT2D eigenvalue weighted by molar-refractivity contribution is -0.119. The number of nitrogens with one attached hydrogen (secondary N) is 2. The molecule has 0 aliphatic rings. The maximum Gasteiger partial charge on any atom is 0.249 e. The van der Waals surface area contributed by atoms with Crippen molar-refractivity contribution >= 4 is 11.6 Å². The molecular weight excluding hydrogens is 373 g/mol. The lowest BCUT2D eigenvalue weighted by atomic mass is 10.0. The van der Waals surface area contributed by atoms with Gasteiger partial charge in [0.25, 0.3) is 0 Å². The molecule has 0 spiro atoms. The number of halogens is 1. The van der Waals surface area contributed by atoms with E-state index in [9.17, 15) is 9.18 Å². The Bertz CT molecular complexity index is 1110. The third-order valence-corrected chi connectivity index (χ3v) is 4.50. The Morgan fingerprint density at radius 1 is 1.24 bits per heavy atom. The fourth-order valence-electron chi connectivity index (χ4n) is 3.05. The van der Waals surface area contributed by atoms with Gasteiger partial charge in [0.15, 0.2) is 0 Å². The Morgan fingerprint density at radius 2 is 2.07 bits per heavy atom. The van der Waals surface area contributed by atoms with E-state index in [4.69, 9.17) is 0 Å². The van der Waals surface area contributed by atoms with E-state index in [1.807, 2.05) is 18.2 Å². The second-order valence-corrected chi connectivity index (χ2v) is 6.52. The maximum atomic E-state index is 13.2. The van der Waals surface area contributed by atoms with Gasteiger partial charge in [0.2, 0.25) is 5.91 Å². The van der Waals surface area contributed by atoms with Crippen LogP contribution in [0.25, 0.3) is 11.4 Å². The van der Waals surface area contributed by atoms with Crippen LogP contribution < -0.4 is 5.32 Å². The fourth-order valence-corrected chi connectivity index (χ4v) is 3.05. The number of nitrogens with zero attached hydrogens (tertiary/aromatic N) is 5. The van der Waals surface area contributed by atoms with E-state index in [1.54, 1.807) is 37.5 Å². The van der Waals surface area contributed by atoms with Crippen LogP contribution in [0.3, 0.4) is 0 Å². The molecule has 1 atom stereocenters. The monoisotopic (exact) mass is 391 g/mol. The van der Waals surface area contributed by atoms with Crippen molar-refractivity contribution in [3.63, 3.8) is 0 Å². The summed E-state index contributed by atoms with van der Waals surface area (Å²) in [4.78, 5) is 20.4. The van der Waals surface area contributed by atoms with E-state index in [-0.39, 0.29) is 11.7 Å². The van der Waals surface area contributed by atoms with Crippen LogP contribution in [-0.2, 0) is 11.2 Å². The van der Waals surface area contributed by atoms with Gasteiger partial charge in [-0.15, -0.1) is 5.10 Å². The van der Waals surface area contributed by atoms with Crippen LogP contribution in [0.1, 0.15) is 17.4 Å². The molecule has 146 valence electrons. The van der Waals surface area contributed by atoms with Crippen LogP contribution in [-0.4, -0.2) is 36.1 Å². The Balaban J connectivity index is 1.59. The fraction of sp³-hybridized carbons (Fsp3) is 0.150. The average Bonchev–Trinajstić information content (AvgIpc) is 3.40. The number of rotatable bonds is 6. The molecule has 2 N–H and O–H groups in total. The Morgan fingerprint density at radius 3 is 2.76 bits per heavy atom. The molecule has 4 aromatic rings. The number of carbonyl (C=O) groups excluding carboxylic acids is 1. The third-order valence-electron chi connectivity index (χ3n) is 4.50.